The number of unbranched alkanes of at least 4 members (excludes halogenated alkanes) is 15. The summed E-state index contributed by atoms with van der Waals surface area (Å²) < 4.78 is 16.7. The molecule has 0 aromatic heterocycles. The molecule has 0 aliphatic rings. The minimum atomic E-state index is -0.836. The summed E-state index contributed by atoms with van der Waals surface area (Å²) in [5.74, 6) is -1.07. The third-order valence-electron chi connectivity index (χ3n) is 10.5. The second kappa shape index (κ2) is 53.2. The Morgan fingerprint density at radius 3 is 1.18 bits per heavy atom. The van der Waals surface area contributed by atoms with Crippen LogP contribution in [0.2, 0.25) is 0 Å². The van der Waals surface area contributed by atoms with Gasteiger partial charge in [0.15, 0.2) is 6.10 Å². The highest BCUT2D eigenvalue weighted by molar-refractivity contribution is 5.71. The summed E-state index contributed by atoms with van der Waals surface area (Å²) in [5.41, 5.74) is 0. The van der Waals surface area contributed by atoms with Gasteiger partial charge in [0.25, 0.3) is 0 Å². The summed E-state index contributed by atoms with van der Waals surface area (Å²) in [6.45, 7) is 6.26. The van der Waals surface area contributed by atoms with Crippen molar-refractivity contribution in [3.05, 3.63) is 134 Å². The standard InChI is InChI=1S/C60H94O6/c1-4-7-10-13-16-19-22-25-27-29-30-31-33-35-38-41-44-47-50-53-59(62)65-56-57(55-64-58(61)52-49-46-43-40-37-34-24-21-18-15-12-9-6-3)66-60(63)54-51-48-45-42-39-36-32-28-26-23-20-17-14-11-8-5-2/h7,9-10,12,15-16,18-19,21,24-25,27-28,30-32,35-36,38-39,44,47,57H,4-6,8,11,13-14,17,20,22-23,26,29,33-34,37,40-43,45-46,48-56H2,1-3H3/b10-7+,12-9+,18-15+,19-16+,24-21+,27-25+,31-30+,32-28+,38-35+,39-36+,47-44+. The van der Waals surface area contributed by atoms with E-state index in [9.17, 15) is 14.4 Å². The maximum absolute atomic E-state index is 12.8. The fourth-order valence-electron chi connectivity index (χ4n) is 6.57. The zero-order valence-electron chi connectivity index (χ0n) is 42.1. The lowest BCUT2D eigenvalue weighted by molar-refractivity contribution is -0.166. The van der Waals surface area contributed by atoms with Crippen LogP contribution in [0.1, 0.15) is 207 Å². The van der Waals surface area contributed by atoms with Gasteiger partial charge >= 0.3 is 17.9 Å². The second-order valence-corrected chi connectivity index (χ2v) is 16.8. The molecule has 0 aromatic carbocycles. The third-order valence-corrected chi connectivity index (χ3v) is 10.5. The monoisotopic (exact) mass is 911 g/mol. The maximum Gasteiger partial charge on any atom is 0.306 e. The van der Waals surface area contributed by atoms with E-state index in [0.717, 1.165) is 109 Å². The van der Waals surface area contributed by atoms with Crippen LogP contribution >= 0.6 is 0 Å². The quantitative estimate of drug-likeness (QED) is 0.0199. The van der Waals surface area contributed by atoms with Crippen LogP contribution in [0.15, 0.2) is 134 Å². The van der Waals surface area contributed by atoms with Gasteiger partial charge in [0.2, 0.25) is 0 Å². The Morgan fingerprint density at radius 2 is 0.697 bits per heavy atom. The number of esters is 3. The van der Waals surface area contributed by atoms with Gasteiger partial charge in [0, 0.05) is 19.3 Å². The van der Waals surface area contributed by atoms with Crippen molar-refractivity contribution in [1.82, 2.24) is 0 Å². The highest BCUT2D eigenvalue weighted by Crippen LogP contribution is 2.12. The predicted molar refractivity (Wildman–Crippen MR) is 283 cm³/mol. The molecule has 0 bridgehead atoms. The van der Waals surface area contributed by atoms with Gasteiger partial charge < -0.3 is 14.2 Å². The van der Waals surface area contributed by atoms with Crippen molar-refractivity contribution in [3.63, 3.8) is 0 Å². The number of rotatable bonds is 45. The molecule has 1 unspecified atom stereocenters. The van der Waals surface area contributed by atoms with Gasteiger partial charge in [-0.3, -0.25) is 14.4 Å². The van der Waals surface area contributed by atoms with Crippen LogP contribution in [0, 0.1) is 0 Å². The Bertz CT molecular complexity index is 1460. The van der Waals surface area contributed by atoms with E-state index in [2.05, 4.69) is 136 Å². The smallest absolute Gasteiger partial charge is 0.306 e. The van der Waals surface area contributed by atoms with Crippen LogP contribution < -0.4 is 0 Å². The maximum atomic E-state index is 12.8. The van der Waals surface area contributed by atoms with Crippen molar-refractivity contribution in [1.29, 1.82) is 0 Å². The Labute approximate surface area is 405 Å². The van der Waals surface area contributed by atoms with E-state index in [1.165, 1.54) is 44.9 Å². The van der Waals surface area contributed by atoms with Gasteiger partial charge in [0.05, 0.1) is 0 Å². The first-order chi connectivity index (χ1) is 32.5. The van der Waals surface area contributed by atoms with Crippen molar-refractivity contribution in [3.8, 4) is 0 Å². The van der Waals surface area contributed by atoms with Gasteiger partial charge in [-0.25, -0.2) is 0 Å². The molecule has 0 spiro atoms. The molecular formula is C60H94O6. The molecule has 370 valence electrons. The first-order valence-corrected chi connectivity index (χ1v) is 26.2. The number of hydrogen-bond donors (Lipinski definition) is 0. The second-order valence-electron chi connectivity index (χ2n) is 16.8. The first-order valence-electron chi connectivity index (χ1n) is 26.2. The molecule has 0 aliphatic carbocycles. The van der Waals surface area contributed by atoms with Crippen molar-refractivity contribution in [2.75, 3.05) is 13.2 Å². The highest BCUT2D eigenvalue weighted by atomic mass is 16.6. The molecule has 0 saturated carbocycles. The zero-order valence-corrected chi connectivity index (χ0v) is 42.1. The Kier molecular flexibility index (Phi) is 49.6. The molecule has 0 amide bonds. The Hall–Kier alpha value is -4.45. The zero-order chi connectivity index (χ0) is 47.9. The van der Waals surface area contributed by atoms with Gasteiger partial charge in [-0.05, 0) is 103 Å². The normalized spacial score (nSPS) is 13.2. The van der Waals surface area contributed by atoms with Crippen LogP contribution in [0.5, 0.6) is 0 Å². The van der Waals surface area contributed by atoms with E-state index in [1.54, 1.807) is 0 Å². The summed E-state index contributed by atoms with van der Waals surface area (Å²) in [4.78, 5) is 38.0. The van der Waals surface area contributed by atoms with Crippen molar-refractivity contribution >= 4 is 17.9 Å². The summed E-state index contributed by atoms with van der Waals surface area (Å²) in [6.07, 6.45) is 74.5. The van der Waals surface area contributed by atoms with E-state index in [-0.39, 0.29) is 44.0 Å². The highest BCUT2D eigenvalue weighted by Gasteiger charge is 2.19. The number of allylic oxidation sites excluding steroid dienone is 22. The molecule has 0 aromatic rings. The lowest BCUT2D eigenvalue weighted by Crippen LogP contribution is -2.30. The summed E-state index contributed by atoms with van der Waals surface area (Å²) >= 11 is 0. The molecule has 0 rings (SSSR count). The molecule has 66 heavy (non-hydrogen) atoms. The minimum Gasteiger partial charge on any atom is -0.462 e. The van der Waals surface area contributed by atoms with Gasteiger partial charge in [-0.15, -0.1) is 0 Å². The topological polar surface area (TPSA) is 78.9 Å². The molecule has 0 heterocycles. The van der Waals surface area contributed by atoms with Crippen LogP contribution in [0.25, 0.3) is 0 Å². The lowest BCUT2D eigenvalue weighted by atomic mass is 10.1. The summed E-state index contributed by atoms with van der Waals surface area (Å²) in [7, 11) is 0. The van der Waals surface area contributed by atoms with E-state index >= 15 is 0 Å². The van der Waals surface area contributed by atoms with Crippen LogP contribution in [-0.4, -0.2) is 37.2 Å². The molecule has 6 heteroatoms. The first kappa shape index (κ1) is 61.5. The van der Waals surface area contributed by atoms with Crippen LogP contribution in [-0.2, 0) is 28.6 Å². The SMILES string of the molecule is CC/C=C/C=C/C=C/CCCCCCCC(=O)OCC(COC(=O)CC/C=C/C/C=C/C/C=C/C/C=C/C/C=C/C/C=C/CC)OC(=O)CCCCC/C=C/C=C/CCCCCCCCC. The molecule has 0 radical (unpaired) electrons. The van der Waals surface area contributed by atoms with Crippen LogP contribution in [0.3, 0.4) is 0 Å². The average Bonchev–Trinajstić information content (AvgIpc) is 3.31. The number of carbonyl (C=O) groups excluding carboxylic acids is 3. The van der Waals surface area contributed by atoms with E-state index in [1.807, 2.05) is 18.2 Å². The van der Waals surface area contributed by atoms with E-state index in [0.29, 0.717) is 19.3 Å². The average molecular weight is 911 g/mol. The Morgan fingerprint density at radius 1 is 0.333 bits per heavy atom. The van der Waals surface area contributed by atoms with Crippen LogP contribution in [0.4, 0.5) is 0 Å². The molecule has 1 atom stereocenters. The lowest BCUT2D eigenvalue weighted by Gasteiger charge is -2.18. The molecule has 0 aliphatic heterocycles. The van der Waals surface area contributed by atoms with Crippen molar-refractivity contribution in [2.45, 2.75) is 213 Å². The fraction of sp³-hybridized carbons (Fsp3) is 0.583. The molecular weight excluding hydrogens is 817 g/mol. The summed E-state index contributed by atoms with van der Waals surface area (Å²) in [5, 5.41) is 0. The number of hydrogen-bond acceptors (Lipinski definition) is 6. The number of carbonyl (C=O) groups is 3. The Balaban J connectivity index is 4.59. The summed E-state index contributed by atoms with van der Waals surface area (Å²) in [6, 6.07) is 0. The minimum absolute atomic E-state index is 0.128. The molecule has 0 fully saturated rings. The van der Waals surface area contributed by atoms with Gasteiger partial charge in [0.1, 0.15) is 13.2 Å². The van der Waals surface area contributed by atoms with Gasteiger partial charge in [-0.1, -0.05) is 219 Å². The largest absolute Gasteiger partial charge is 0.462 e. The number of ether oxygens (including phenoxy) is 3. The van der Waals surface area contributed by atoms with E-state index < -0.39 is 6.10 Å². The predicted octanol–water partition coefficient (Wildman–Crippen LogP) is 17.5. The van der Waals surface area contributed by atoms with Crippen molar-refractivity contribution < 1.29 is 28.6 Å². The van der Waals surface area contributed by atoms with Gasteiger partial charge in [-0.2, -0.15) is 0 Å². The molecule has 0 N–H and O–H groups in total. The molecule has 6 nitrogen and oxygen atoms in total. The fourth-order valence-corrected chi connectivity index (χ4v) is 6.57. The van der Waals surface area contributed by atoms with Crippen molar-refractivity contribution in [2.24, 2.45) is 0 Å². The van der Waals surface area contributed by atoms with E-state index in [4.69, 9.17) is 14.2 Å². The third kappa shape index (κ3) is 50.5. The molecule has 0 saturated heterocycles.